The van der Waals surface area contributed by atoms with E-state index in [4.69, 9.17) is 16.3 Å². The summed E-state index contributed by atoms with van der Waals surface area (Å²) < 4.78 is 5.82. The zero-order valence-electron chi connectivity index (χ0n) is 8.23. The summed E-state index contributed by atoms with van der Waals surface area (Å²) in [6, 6.07) is 0. The van der Waals surface area contributed by atoms with Crippen molar-refractivity contribution in [1.29, 1.82) is 0 Å². The van der Waals surface area contributed by atoms with E-state index in [2.05, 4.69) is 0 Å². The summed E-state index contributed by atoms with van der Waals surface area (Å²) >= 11 is 6.02. The van der Waals surface area contributed by atoms with Gasteiger partial charge in [-0.3, -0.25) is 0 Å². The Balaban J connectivity index is 1.88. The van der Waals surface area contributed by atoms with Crippen molar-refractivity contribution in [2.45, 2.75) is 50.5 Å². The van der Waals surface area contributed by atoms with E-state index >= 15 is 0 Å². The number of alkyl halides is 1. The number of ether oxygens (including phenoxy) is 1. The van der Waals surface area contributed by atoms with Crippen LogP contribution in [0.25, 0.3) is 0 Å². The van der Waals surface area contributed by atoms with Crippen molar-refractivity contribution in [2.24, 2.45) is 5.92 Å². The Hall–Kier alpha value is 0.250. The van der Waals surface area contributed by atoms with Crippen molar-refractivity contribution >= 4 is 11.6 Å². The lowest BCUT2D eigenvalue weighted by Gasteiger charge is -2.28. The molecule has 1 nitrogen and oxygen atoms in total. The van der Waals surface area contributed by atoms with Crippen LogP contribution in [-0.2, 0) is 4.74 Å². The van der Waals surface area contributed by atoms with Crippen molar-refractivity contribution < 1.29 is 4.74 Å². The van der Waals surface area contributed by atoms with Crippen LogP contribution in [0.3, 0.4) is 0 Å². The third-order valence-electron chi connectivity index (χ3n) is 3.56. The Morgan fingerprint density at radius 2 is 2.00 bits per heavy atom. The second-order valence-corrected chi connectivity index (χ2v) is 4.89. The molecule has 1 heterocycles. The quantitative estimate of drug-likeness (QED) is 0.638. The minimum absolute atomic E-state index is 0.0660. The Kier molecular flexibility index (Phi) is 3.15. The maximum absolute atomic E-state index is 6.02. The van der Waals surface area contributed by atoms with Gasteiger partial charge in [0, 0.05) is 6.61 Å². The van der Waals surface area contributed by atoms with Crippen molar-refractivity contribution in [3.05, 3.63) is 0 Å². The van der Waals surface area contributed by atoms with Gasteiger partial charge in [0.1, 0.15) is 0 Å². The van der Waals surface area contributed by atoms with Gasteiger partial charge in [0.25, 0.3) is 0 Å². The van der Waals surface area contributed by atoms with E-state index < -0.39 is 0 Å². The van der Waals surface area contributed by atoms with E-state index in [0.29, 0.717) is 5.88 Å². The molecule has 0 amide bonds. The van der Waals surface area contributed by atoms with Crippen LogP contribution in [0.15, 0.2) is 0 Å². The van der Waals surface area contributed by atoms with E-state index in [0.717, 1.165) is 12.5 Å². The van der Waals surface area contributed by atoms with E-state index in [1.54, 1.807) is 0 Å². The molecule has 2 rings (SSSR count). The van der Waals surface area contributed by atoms with Gasteiger partial charge in [0.05, 0.1) is 11.5 Å². The molecule has 13 heavy (non-hydrogen) atoms. The molecule has 2 heteroatoms. The van der Waals surface area contributed by atoms with Gasteiger partial charge < -0.3 is 4.74 Å². The maximum atomic E-state index is 6.02. The van der Waals surface area contributed by atoms with E-state index in [9.17, 15) is 0 Å². The van der Waals surface area contributed by atoms with E-state index in [1.807, 2.05) is 0 Å². The molecule has 0 spiro atoms. The molecule has 76 valence electrons. The van der Waals surface area contributed by atoms with Crippen LogP contribution in [0, 0.1) is 5.92 Å². The Bertz CT molecular complexity index is 157. The minimum atomic E-state index is 0.0660. The first-order valence-electron chi connectivity index (χ1n) is 5.55. The molecular formula is C11H19ClO. The number of rotatable bonds is 3. The zero-order chi connectivity index (χ0) is 9.15. The first-order valence-corrected chi connectivity index (χ1v) is 6.08. The summed E-state index contributed by atoms with van der Waals surface area (Å²) in [5.41, 5.74) is 0.0660. The molecule has 1 atom stereocenters. The molecule has 2 fully saturated rings. The zero-order valence-corrected chi connectivity index (χ0v) is 8.98. The fourth-order valence-electron chi connectivity index (χ4n) is 2.82. The topological polar surface area (TPSA) is 9.23 Å². The van der Waals surface area contributed by atoms with Crippen molar-refractivity contribution in [3.8, 4) is 0 Å². The second-order valence-electron chi connectivity index (χ2n) is 4.62. The van der Waals surface area contributed by atoms with Crippen LogP contribution in [0.4, 0.5) is 0 Å². The standard InChI is InChI=1S/C11H19ClO/c12-9-11(6-3-7-13-11)8-10-4-1-2-5-10/h10H,1-9H2. The van der Waals surface area contributed by atoms with Gasteiger partial charge in [-0.1, -0.05) is 25.7 Å². The first kappa shape index (κ1) is 9.79. The molecule has 0 aromatic carbocycles. The second kappa shape index (κ2) is 4.18. The summed E-state index contributed by atoms with van der Waals surface area (Å²) in [6.45, 7) is 0.930. The average Bonchev–Trinajstić information content (AvgIpc) is 2.77. The maximum Gasteiger partial charge on any atom is 0.0820 e. The van der Waals surface area contributed by atoms with E-state index in [-0.39, 0.29) is 5.60 Å². The van der Waals surface area contributed by atoms with Gasteiger partial charge in [-0.2, -0.15) is 0 Å². The lowest BCUT2D eigenvalue weighted by Crippen LogP contribution is -2.32. The van der Waals surface area contributed by atoms with Crippen molar-refractivity contribution in [1.82, 2.24) is 0 Å². The molecule has 0 aromatic heterocycles. The highest BCUT2D eigenvalue weighted by atomic mass is 35.5. The van der Waals surface area contributed by atoms with Gasteiger partial charge in [-0.05, 0) is 25.2 Å². The third kappa shape index (κ3) is 2.19. The number of hydrogen-bond acceptors (Lipinski definition) is 1. The smallest absolute Gasteiger partial charge is 0.0820 e. The molecule has 1 saturated heterocycles. The van der Waals surface area contributed by atoms with Crippen LogP contribution in [0.5, 0.6) is 0 Å². The summed E-state index contributed by atoms with van der Waals surface area (Å²) in [4.78, 5) is 0. The normalized spacial score (nSPS) is 35.8. The largest absolute Gasteiger partial charge is 0.374 e. The Morgan fingerprint density at radius 1 is 1.23 bits per heavy atom. The van der Waals surface area contributed by atoms with Gasteiger partial charge in [-0.25, -0.2) is 0 Å². The van der Waals surface area contributed by atoms with Gasteiger partial charge >= 0.3 is 0 Å². The highest BCUT2D eigenvalue weighted by Gasteiger charge is 2.37. The fraction of sp³-hybridized carbons (Fsp3) is 1.00. The summed E-state index contributed by atoms with van der Waals surface area (Å²) in [7, 11) is 0. The van der Waals surface area contributed by atoms with Crippen molar-refractivity contribution in [3.63, 3.8) is 0 Å². The van der Waals surface area contributed by atoms with Crippen LogP contribution in [-0.4, -0.2) is 18.1 Å². The summed E-state index contributed by atoms with van der Waals surface area (Å²) in [5.74, 6) is 1.60. The van der Waals surface area contributed by atoms with Gasteiger partial charge in [-0.15, -0.1) is 11.6 Å². The molecule has 0 bridgehead atoms. The predicted molar refractivity (Wildman–Crippen MR) is 55.2 cm³/mol. The predicted octanol–water partition coefficient (Wildman–Crippen LogP) is 3.35. The number of halogens is 1. The summed E-state index contributed by atoms with van der Waals surface area (Å²) in [6.07, 6.45) is 9.26. The molecule has 1 unspecified atom stereocenters. The SMILES string of the molecule is ClCC1(CC2CCCC2)CCCO1. The number of hydrogen-bond donors (Lipinski definition) is 0. The monoisotopic (exact) mass is 202 g/mol. The Labute approximate surface area is 85.8 Å². The lowest BCUT2D eigenvalue weighted by molar-refractivity contribution is 0.00390. The van der Waals surface area contributed by atoms with Crippen molar-refractivity contribution in [2.75, 3.05) is 12.5 Å². The van der Waals surface area contributed by atoms with Crippen LogP contribution in [0.2, 0.25) is 0 Å². The molecule has 0 radical (unpaired) electrons. The molecule has 1 aliphatic heterocycles. The average molecular weight is 203 g/mol. The molecule has 1 aliphatic carbocycles. The van der Waals surface area contributed by atoms with Crippen LogP contribution >= 0.6 is 11.6 Å². The molecule has 0 aromatic rings. The molecule has 1 saturated carbocycles. The summed E-state index contributed by atoms with van der Waals surface area (Å²) in [5, 5.41) is 0. The Morgan fingerprint density at radius 3 is 2.54 bits per heavy atom. The van der Waals surface area contributed by atoms with E-state index in [1.165, 1.54) is 44.9 Å². The molecular weight excluding hydrogens is 184 g/mol. The molecule has 2 aliphatic rings. The highest BCUT2D eigenvalue weighted by molar-refractivity contribution is 6.18. The minimum Gasteiger partial charge on any atom is -0.374 e. The first-order chi connectivity index (χ1) is 6.35. The molecule has 0 N–H and O–H groups in total. The third-order valence-corrected chi connectivity index (χ3v) is 4.05. The van der Waals surface area contributed by atoms with Crippen LogP contribution < -0.4 is 0 Å². The lowest BCUT2D eigenvalue weighted by atomic mass is 9.88. The fourth-order valence-corrected chi connectivity index (χ4v) is 3.14. The highest BCUT2D eigenvalue weighted by Crippen LogP contribution is 2.38. The van der Waals surface area contributed by atoms with Crippen LogP contribution in [0.1, 0.15) is 44.9 Å². The van der Waals surface area contributed by atoms with Gasteiger partial charge in [0.2, 0.25) is 0 Å². The van der Waals surface area contributed by atoms with Gasteiger partial charge in [0.15, 0.2) is 0 Å².